The van der Waals surface area contributed by atoms with Gasteiger partial charge in [-0.25, -0.2) is 9.59 Å². The molecule has 0 radical (unpaired) electrons. The van der Waals surface area contributed by atoms with Gasteiger partial charge in [-0.15, -0.1) is 10.2 Å². The standard InChI is InChI=1S/C14H20N4O4/c1-3-9(11-5-4-8-22-11)15-14(20)16-12-7-6-10(17-18-12)13(19)21-2/h6-7,9,11H,3-5,8H2,1-2H3,(H2,15,16,18,20). The van der Waals surface area contributed by atoms with Crippen molar-refractivity contribution in [2.75, 3.05) is 19.0 Å². The molecule has 0 bridgehead atoms. The van der Waals surface area contributed by atoms with Crippen LogP contribution < -0.4 is 10.6 Å². The van der Waals surface area contributed by atoms with Crippen LogP contribution in [-0.4, -0.2) is 48.1 Å². The average Bonchev–Trinajstić information content (AvgIpc) is 3.06. The number of aromatic nitrogens is 2. The van der Waals surface area contributed by atoms with Crippen LogP contribution in [0, 0.1) is 0 Å². The molecule has 2 N–H and O–H groups in total. The third-order valence-electron chi connectivity index (χ3n) is 3.47. The molecule has 1 aliphatic heterocycles. The van der Waals surface area contributed by atoms with Crippen LogP contribution in [0.4, 0.5) is 10.6 Å². The van der Waals surface area contributed by atoms with Crippen molar-refractivity contribution in [3.05, 3.63) is 17.8 Å². The number of hydrogen-bond acceptors (Lipinski definition) is 6. The normalized spacial score (nSPS) is 18.5. The van der Waals surface area contributed by atoms with E-state index in [1.807, 2.05) is 6.92 Å². The molecule has 0 aliphatic carbocycles. The molecule has 0 saturated carbocycles. The number of nitrogens with zero attached hydrogens (tertiary/aromatic N) is 2. The molecule has 1 saturated heterocycles. The Morgan fingerprint density at radius 3 is 2.82 bits per heavy atom. The maximum Gasteiger partial charge on any atom is 0.358 e. The lowest BCUT2D eigenvalue weighted by Crippen LogP contribution is -2.44. The molecule has 2 unspecified atom stereocenters. The fourth-order valence-electron chi connectivity index (χ4n) is 2.31. The first-order valence-electron chi connectivity index (χ1n) is 7.25. The van der Waals surface area contributed by atoms with Crippen molar-refractivity contribution in [2.24, 2.45) is 0 Å². The lowest BCUT2D eigenvalue weighted by molar-refractivity contribution is 0.0592. The Morgan fingerprint density at radius 1 is 1.45 bits per heavy atom. The zero-order chi connectivity index (χ0) is 15.9. The summed E-state index contributed by atoms with van der Waals surface area (Å²) in [5, 5.41) is 12.9. The summed E-state index contributed by atoms with van der Waals surface area (Å²) in [7, 11) is 1.26. The Bertz CT molecular complexity index is 514. The summed E-state index contributed by atoms with van der Waals surface area (Å²) in [4.78, 5) is 23.2. The molecule has 1 fully saturated rings. The van der Waals surface area contributed by atoms with E-state index in [4.69, 9.17) is 4.74 Å². The Labute approximate surface area is 128 Å². The van der Waals surface area contributed by atoms with E-state index in [9.17, 15) is 9.59 Å². The summed E-state index contributed by atoms with van der Waals surface area (Å²) in [6, 6.07) is 2.52. The highest BCUT2D eigenvalue weighted by molar-refractivity contribution is 5.89. The van der Waals surface area contributed by atoms with E-state index in [0.29, 0.717) is 0 Å². The van der Waals surface area contributed by atoms with Gasteiger partial charge in [0.2, 0.25) is 0 Å². The highest BCUT2D eigenvalue weighted by Crippen LogP contribution is 2.17. The summed E-state index contributed by atoms with van der Waals surface area (Å²) in [5.41, 5.74) is 0.0826. The molecule has 1 aromatic rings. The molecule has 2 heterocycles. The molecule has 0 spiro atoms. The Hall–Kier alpha value is -2.22. The van der Waals surface area contributed by atoms with E-state index in [1.165, 1.54) is 19.2 Å². The quantitative estimate of drug-likeness (QED) is 0.796. The zero-order valence-electron chi connectivity index (χ0n) is 12.7. The topological polar surface area (TPSA) is 102 Å². The molecule has 8 nitrogen and oxygen atoms in total. The Kier molecular flexibility index (Phi) is 5.65. The fourth-order valence-corrected chi connectivity index (χ4v) is 2.31. The van der Waals surface area contributed by atoms with Crippen molar-refractivity contribution in [1.29, 1.82) is 0 Å². The summed E-state index contributed by atoms with van der Waals surface area (Å²) >= 11 is 0. The second-order valence-corrected chi connectivity index (χ2v) is 4.96. The van der Waals surface area contributed by atoms with Crippen LogP contribution in [0.5, 0.6) is 0 Å². The summed E-state index contributed by atoms with van der Waals surface area (Å²) in [6.45, 7) is 2.74. The van der Waals surface area contributed by atoms with E-state index in [1.54, 1.807) is 0 Å². The Morgan fingerprint density at radius 2 is 2.27 bits per heavy atom. The summed E-state index contributed by atoms with van der Waals surface area (Å²) < 4.78 is 10.1. The molecule has 2 rings (SSSR count). The van der Waals surface area contributed by atoms with Crippen LogP contribution in [0.25, 0.3) is 0 Å². The molecule has 120 valence electrons. The first-order chi connectivity index (χ1) is 10.6. The number of ether oxygens (including phenoxy) is 2. The minimum atomic E-state index is -0.576. The van der Waals surface area contributed by atoms with Gasteiger partial charge in [-0.1, -0.05) is 6.92 Å². The van der Waals surface area contributed by atoms with E-state index in [-0.39, 0.29) is 29.7 Å². The zero-order valence-corrected chi connectivity index (χ0v) is 12.7. The summed E-state index contributed by atoms with van der Waals surface area (Å²) in [6.07, 6.45) is 2.81. The van der Waals surface area contributed by atoms with Crippen LogP contribution in [0.3, 0.4) is 0 Å². The first-order valence-corrected chi connectivity index (χ1v) is 7.25. The van der Waals surface area contributed by atoms with E-state index in [2.05, 4.69) is 25.6 Å². The predicted molar refractivity (Wildman–Crippen MR) is 78.6 cm³/mol. The average molecular weight is 308 g/mol. The molecule has 8 heteroatoms. The maximum atomic E-state index is 12.0. The minimum absolute atomic E-state index is 0.0372. The van der Waals surface area contributed by atoms with Crippen molar-refractivity contribution >= 4 is 17.8 Å². The van der Waals surface area contributed by atoms with Gasteiger partial charge in [-0.3, -0.25) is 5.32 Å². The highest BCUT2D eigenvalue weighted by Gasteiger charge is 2.26. The van der Waals surface area contributed by atoms with Crippen LogP contribution >= 0.6 is 0 Å². The van der Waals surface area contributed by atoms with Crippen LogP contribution in [0.2, 0.25) is 0 Å². The van der Waals surface area contributed by atoms with Crippen LogP contribution in [0.15, 0.2) is 12.1 Å². The second-order valence-electron chi connectivity index (χ2n) is 4.96. The van der Waals surface area contributed by atoms with Gasteiger partial charge in [0, 0.05) is 6.61 Å². The maximum absolute atomic E-state index is 12.0. The van der Waals surface area contributed by atoms with Crippen molar-refractivity contribution in [1.82, 2.24) is 15.5 Å². The smallest absolute Gasteiger partial charge is 0.358 e. The molecular formula is C14H20N4O4. The largest absolute Gasteiger partial charge is 0.464 e. The highest BCUT2D eigenvalue weighted by atomic mass is 16.5. The number of rotatable bonds is 5. The fraction of sp³-hybridized carbons (Fsp3) is 0.571. The monoisotopic (exact) mass is 308 g/mol. The van der Waals surface area contributed by atoms with Gasteiger partial charge in [0.1, 0.15) is 0 Å². The number of carbonyl (C=O) groups excluding carboxylic acids is 2. The third kappa shape index (κ3) is 4.14. The first kappa shape index (κ1) is 16.2. The molecular weight excluding hydrogens is 288 g/mol. The van der Waals surface area contributed by atoms with Crippen molar-refractivity contribution < 1.29 is 19.1 Å². The van der Waals surface area contributed by atoms with E-state index >= 15 is 0 Å². The number of carbonyl (C=O) groups is 2. The van der Waals surface area contributed by atoms with Gasteiger partial charge in [-0.2, -0.15) is 0 Å². The molecule has 2 atom stereocenters. The van der Waals surface area contributed by atoms with Crippen molar-refractivity contribution in [3.63, 3.8) is 0 Å². The van der Waals surface area contributed by atoms with Gasteiger partial charge in [-0.05, 0) is 31.4 Å². The number of anilines is 1. The van der Waals surface area contributed by atoms with Crippen LogP contribution in [-0.2, 0) is 9.47 Å². The Balaban J connectivity index is 1.89. The van der Waals surface area contributed by atoms with E-state index < -0.39 is 5.97 Å². The lowest BCUT2D eigenvalue weighted by Gasteiger charge is -2.22. The van der Waals surface area contributed by atoms with E-state index in [0.717, 1.165) is 25.9 Å². The molecule has 1 aromatic heterocycles. The second kappa shape index (κ2) is 7.69. The van der Waals surface area contributed by atoms with Crippen molar-refractivity contribution in [3.8, 4) is 0 Å². The number of methoxy groups -OCH3 is 1. The number of amides is 2. The third-order valence-corrected chi connectivity index (χ3v) is 3.47. The predicted octanol–water partition coefficient (Wildman–Crippen LogP) is 1.34. The SMILES string of the molecule is CCC(NC(=O)Nc1ccc(C(=O)OC)nn1)C1CCCO1. The number of nitrogens with one attached hydrogen (secondary N) is 2. The number of urea groups is 1. The van der Waals surface area contributed by atoms with Gasteiger partial charge in [0.15, 0.2) is 11.5 Å². The number of esters is 1. The molecule has 1 aliphatic rings. The molecule has 22 heavy (non-hydrogen) atoms. The van der Waals surface area contributed by atoms with Crippen molar-refractivity contribution in [2.45, 2.75) is 38.3 Å². The molecule has 2 amide bonds. The lowest BCUT2D eigenvalue weighted by atomic mass is 10.1. The summed E-state index contributed by atoms with van der Waals surface area (Å²) in [5.74, 6) is -0.319. The van der Waals surface area contributed by atoms with Gasteiger partial charge in [0.25, 0.3) is 0 Å². The van der Waals surface area contributed by atoms with Gasteiger partial charge in [0.05, 0.1) is 19.3 Å². The number of hydrogen-bond donors (Lipinski definition) is 2. The molecule has 0 aromatic carbocycles. The minimum Gasteiger partial charge on any atom is -0.464 e. The van der Waals surface area contributed by atoms with Gasteiger partial charge >= 0.3 is 12.0 Å². The van der Waals surface area contributed by atoms with Gasteiger partial charge < -0.3 is 14.8 Å². The van der Waals surface area contributed by atoms with Crippen LogP contribution in [0.1, 0.15) is 36.7 Å².